The van der Waals surface area contributed by atoms with E-state index in [9.17, 15) is 14.4 Å². The minimum absolute atomic E-state index is 0.00473. The number of rotatable bonds is 7. The van der Waals surface area contributed by atoms with Crippen molar-refractivity contribution in [1.82, 2.24) is 15.2 Å². The number of amides is 4. The van der Waals surface area contributed by atoms with Gasteiger partial charge in [0.25, 0.3) is 5.91 Å². The molecule has 4 amide bonds. The van der Waals surface area contributed by atoms with E-state index in [2.05, 4.69) is 16.9 Å². The van der Waals surface area contributed by atoms with Gasteiger partial charge in [0.15, 0.2) is 5.13 Å². The molecule has 1 aromatic carbocycles. The van der Waals surface area contributed by atoms with Crippen molar-refractivity contribution in [2.45, 2.75) is 37.6 Å². The molecule has 0 bridgehead atoms. The van der Waals surface area contributed by atoms with Gasteiger partial charge in [0.2, 0.25) is 5.91 Å². The molecule has 1 spiro atoms. The van der Waals surface area contributed by atoms with Crippen molar-refractivity contribution in [3.8, 4) is 11.3 Å². The highest BCUT2D eigenvalue weighted by Gasteiger charge is 2.52. The number of thiazole rings is 1. The van der Waals surface area contributed by atoms with E-state index in [4.69, 9.17) is 23.2 Å². The Balaban J connectivity index is 1.46. The topological polar surface area (TPSA) is 82.6 Å². The quantitative estimate of drug-likeness (QED) is 0.440. The minimum atomic E-state index is -0.773. The Morgan fingerprint density at radius 1 is 1.28 bits per heavy atom. The van der Waals surface area contributed by atoms with Crippen LogP contribution in [0.4, 0.5) is 9.93 Å². The van der Waals surface area contributed by atoms with Gasteiger partial charge in [0, 0.05) is 30.5 Å². The van der Waals surface area contributed by atoms with Gasteiger partial charge in [0.05, 0.1) is 15.7 Å². The third-order valence-corrected chi connectivity index (χ3v) is 7.41. The number of carbonyl (C=O) groups is 3. The van der Waals surface area contributed by atoms with Crippen molar-refractivity contribution >= 4 is 57.5 Å². The second-order valence-corrected chi connectivity index (χ2v) is 9.51. The molecule has 7 nitrogen and oxygen atoms in total. The van der Waals surface area contributed by atoms with Gasteiger partial charge in [-0.25, -0.2) is 9.78 Å². The number of benzene rings is 1. The molecule has 168 valence electrons. The van der Waals surface area contributed by atoms with Gasteiger partial charge in [-0.15, -0.1) is 17.9 Å². The van der Waals surface area contributed by atoms with E-state index in [1.165, 1.54) is 16.2 Å². The van der Waals surface area contributed by atoms with Crippen molar-refractivity contribution in [1.29, 1.82) is 0 Å². The van der Waals surface area contributed by atoms with E-state index < -0.39 is 11.6 Å². The van der Waals surface area contributed by atoms with E-state index in [0.29, 0.717) is 33.7 Å². The maximum absolute atomic E-state index is 13.0. The van der Waals surface area contributed by atoms with Crippen molar-refractivity contribution < 1.29 is 14.4 Å². The molecule has 0 unspecified atom stereocenters. The highest BCUT2D eigenvalue weighted by atomic mass is 35.5. The van der Waals surface area contributed by atoms with E-state index in [1.54, 1.807) is 18.2 Å². The summed E-state index contributed by atoms with van der Waals surface area (Å²) < 4.78 is 0. The van der Waals surface area contributed by atoms with E-state index in [0.717, 1.165) is 23.3 Å². The summed E-state index contributed by atoms with van der Waals surface area (Å²) in [5, 5.41) is 6.04. The zero-order valence-electron chi connectivity index (χ0n) is 17.3. The third-order valence-electron chi connectivity index (χ3n) is 5.80. The summed E-state index contributed by atoms with van der Waals surface area (Å²) in [6, 6.07) is 4.80. The van der Waals surface area contributed by atoms with Gasteiger partial charge >= 0.3 is 6.03 Å². The number of halogens is 2. The summed E-state index contributed by atoms with van der Waals surface area (Å²) in [5.41, 5.74) is 0.683. The number of urea groups is 1. The van der Waals surface area contributed by atoms with Crippen LogP contribution in [0.1, 0.15) is 32.1 Å². The van der Waals surface area contributed by atoms with Crippen LogP contribution in [-0.4, -0.2) is 46.4 Å². The molecular weight excluding hydrogens is 471 g/mol. The van der Waals surface area contributed by atoms with E-state index >= 15 is 0 Å². The predicted octanol–water partition coefficient (Wildman–Crippen LogP) is 4.89. The third kappa shape index (κ3) is 4.27. The molecule has 4 rings (SSSR count). The first-order valence-corrected chi connectivity index (χ1v) is 11.9. The summed E-state index contributed by atoms with van der Waals surface area (Å²) >= 11 is 13.4. The number of imide groups is 1. The lowest BCUT2D eigenvalue weighted by atomic mass is 9.98. The number of aromatic nitrogens is 1. The van der Waals surface area contributed by atoms with Crippen molar-refractivity contribution in [3.05, 3.63) is 46.3 Å². The zero-order valence-corrected chi connectivity index (χ0v) is 19.6. The lowest BCUT2D eigenvalue weighted by Gasteiger charge is -2.21. The minimum Gasteiger partial charge on any atom is -0.323 e. The first kappa shape index (κ1) is 22.8. The zero-order chi connectivity index (χ0) is 22.9. The number of anilines is 1. The maximum atomic E-state index is 13.0. The number of nitrogens with zero attached hydrogens (tertiary/aromatic N) is 3. The summed E-state index contributed by atoms with van der Waals surface area (Å²) in [4.78, 5) is 45.4. The molecule has 1 aliphatic carbocycles. The first-order valence-electron chi connectivity index (χ1n) is 10.3. The summed E-state index contributed by atoms with van der Waals surface area (Å²) in [7, 11) is 0. The van der Waals surface area contributed by atoms with Crippen molar-refractivity contribution in [3.63, 3.8) is 0 Å². The van der Waals surface area contributed by atoms with Crippen LogP contribution in [-0.2, 0) is 9.59 Å². The smallest absolute Gasteiger partial charge is 0.323 e. The van der Waals surface area contributed by atoms with E-state index in [1.807, 2.05) is 11.4 Å². The standard InChI is InChI=1S/C22H22Cl2N4O3S/c1-2-10-27(21-25-17(13-32-21)14-5-6-15(23)16(24)12-14)18(29)7-11-28-19(30)22(26-20(28)31)8-3-4-9-22/h2,5-6,12-13H,1,3-4,7-11H2,(H,26,31). The molecule has 10 heteroatoms. The molecule has 0 radical (unpaired) electrons. The van der Waals surface area contributed by atoms with Crippen LogP contribution in [0.3, 0.4) is 0 Å². The number of hydrogen-bond acceptors (Lipinski definition) is 5. The lowest BCUT2D eigenvalue weighted by Crippen LogP contribution is -2.44. The second-order valence-electron chi connectivity index (χ2n) is 7.86. The molecule has 2 heterocycles. The Morgan fingerprint density at radius 2 is 2.03 bits per heavy atom. The van der Waals surface area contributed by atoms with Crippen LogP contribution in [0.2, 0.25) is 10.0 Å². The number of hydrogen-bond donors (Lipinski definition) is 1. The predicted molar refractivity (Wildman–Crippen MR) is 126 cm³/mol. The SMILES string of the molecule is C=CCN(C(=O)CCN1C(=O)NC2(CCCC2)C1=O)c1nc(-c2ccc(Cl)c(Cl)c2)cs1. The molecule has 1 N–H and O–H groups in total. The molecular formula is C22H22Cl2N4O3S. The Labute approximate surface area is 200 Å². The van der Waals surface area contributed by atoms with Crippen molar-refractivity contribution in [2.75, 3.05) is 18.0 Å². The summed E-state index contributed by atoms with van der Waals surface area (Å²) in [6.07, 6.45) is 4.75. The molecule has 32 heavy (non-hydrogen) atoms. The Bertz CT molecular complexity index is 1080. The average Bonchev–Trinajstić information content (AvgIpc) is 3.48. The second kappa shape index (κ2) is 9.21. The largest absolute Gasteiger partial charge is 0.325 e. The molecule has 1 saturated heterocycles. The monoisotopic (exact) mass is 492 g/mol. The molecule has 1 aliphatic heterocycles. The van der Waals surface area contributed by atoms with Gasteiger partial charge in [-0.3, -0.25) is 19.4 Å². The van der Waals surface area contributed by atoms with Crippen molar-refractivity contribution in [2.24, 2.45) is 0 Å². The highest BCUT2D eigenvalue weighted by Crippen LogP contribution is 2.35. The number of carbonyl (C=O) groups excluding carboxylic acids is 3. The molecule has 2 aromatic rings. The Kier molecular flexibility index (Phi) is 6.55. The molecule has 1 saturated carbocycles. The average molecular weight is 493 g/mol. The van der Waals surface area contributed by atoms with E-state index in [-0.39, 0.29) is 31.3 Å². The summed E-state index contributed by atoms with van der Waals surface area (Å²) in [5.74, 6) is -0.466. The molecule has 1 aromatic heterocycles. The fraction of sp³-hybridized carbons (Fsp3) is 0.364. The maximum Gasteiger partial charge on any atom is 0.325 e. The lowest BCUT2D eigenvalue weighted by molar-refractivity contribution is -0.131. The van der Waals surface area contributed by atoms with Crippen LogP contribution < -0.4 is 10.2 Å². The van der Waals surface area contributed by atoms with Gasteiger partial charge in [-0.2, -0.15) is 0 Å². The molecule has 0 atom stereocenters. The normalized spacial score (nSPS) is 17.1. The van der Waals surface area contributed by atoms with Crippen LogP contribution >= 0.6 is 34.5 Å². The van der Waals surface area contributed by atoms with Crippen LogP contribution in [0.25, 0.3) is 11.3 Å². The summed E-state index contributed by atoms with van der Waals surface area (Å²) in [6.45, 7) is 4.02. The van der Waals surface area contributed by atoms with Crippen LogP contribution in [0.5, 0.6) is 0 Å². The van der Waals surface area contributed by atoms with Crippen LogP contribution in [0.15, 0.2) is 36.2 Å². The highest BCUT2D eigenvalue weighted by molar-refractivity contribution is 7.14. The molecule has 2 aliphatic rings. The molecule has 2 fully saturated rings. The van der Waals surface area contributed by atoms with Gasteiger partial charge in [-0.1, -0.05) is 48.2 Å². The van der Waals surface area contributed by atoms with Crippen LogP contribution in [0, 0.1) is 0 Å². The fourth-order valence-corrected chi connectivity index (χ4v) is 5.29. The Morgan fingerprint density at radius 3 is 2.72 bits per heavy atom. The Hall–Kier alpha value is -2.42. The number of nitrogens with one attached hydrogen (secondary N) is 1. The van der Waals surface area contributed by atoms with Gasteiger partial charge in [-0.05, 0) is 25.0 Å². The van der Waals surface area contributed by atoms with Gasteiger partial charge in [0.1, 0.15) is 5.54 Å². The fourth-order valence-electron chi connectivity index (χ4n) is 4.13. The van der Waals surface area contributed by atoms with Gasteiger partial charge < -0.3 is 5.32 Å². The first-order chi connectivity index (χ1) is 15.3.